The zero-order valence-electron chi connectivity index (χ0n) is 17.5. The third kappa shape index (κ3) is 4.16. The fourth-order valence-electron chi connectivity index (χ4n) is 3.08. The summed E-state index contributed by atoms with van der Waals surface area (Å²) in [5, 5.41) is 8.12. The van der Waals surface area contributed by atoms with Crippen molar-refractivity contribution in [3.05, 3.63) is 62.9 Å². The van der Waals surface area contributed by atoms with Crippen LogP contribution >= 0.6 is 23.1 Å². The summed E-state index contributed by atoms with van der Waals surface area (Å²) in [5.74, 6) is -0.842. The highest BCUT2D eigenvalue weighted by Gasteiger charge is 2.22. The number of carbonyl (C=O) groups excluding carboxylic acids is 2. The molecule has 0 aliphatic rings. The molecule has 0 spiro atoms. The van der Waals surface area contributed by atoms with Gasteiger partial charge in [-0.05, 0) is 31.5 Å². The van der Waals surface area contributed by atoms with Gasteiger partial charge in [-0.2, -0.15) is 5.10 Å². The van der Waals surface area contributed by atoms with Crippen LogP contribution in [0.2, 0.25) is 0 Å². The van der Waals surface area contributed by atoms with Gasteiger partial charge in [0.1, 0.15) is 10.4 Å². The quantitative estimate of drug-likeness (QED) is 0.253. The number of hydrogen-bond donors (Lipinski definition) is 2. The summed E-state index contributed by atoms with van der Waals surface area (Å²) in [5.41, 5.74) is 1.97. The van der Waals surface area contributed by atoms with E-state index in [1.165, 1.54) is 24.6 Å². The van der Waals surface area contributed by atoms with Crippen LogP contribution in [0, 0.1) is 13.8 Å². The van der Waals surface area contributed by atoms with Gasteiger partial charge in [-0.1, -0.05) is 30.0 Å². The first-order valence-corrected chi connectivity index (χ1v) is 11.3. The molecule has 1 amide bonds. The molecular formula is C21H19N5O4S2. The number of H-pyrrole nitrogens is 1. The number of methoxy groups -OCH3 is 1. The van der Waals surface area contributed by atoms with Crippen LogP contribution in [0.25, 0.3) is 16.7 Å². The lowest BCUT2D eigenvalue weighted by Gasteiger charge is -2.06. The summed E-state index contributed by atoms with van der Waals surface area (Å²) in [6.07, 6.45) is 1.46. The molecule has 164 valence electrons. The molecule has 0 saturated heterocycles. The van der Waals surface area contributed by atoms with E-state index in [-0.39, 0.29) is 17.2 Å². The van der Waals surface area contributed by atoms with Crippen molar-refractivity contribution in [2.75, 3.05) is 18.2 Å². The Balaban J connectivity index is 1.54. The van der Waals surface area contributed by atoms with Gasteiger partial charge in [-0.25, -0.2) is 14.5 Å². The maximum atomic E-state index is 12.5. The molecule has 0 aliphatic heterocycles. The average molecular weight is 470 g/mol. The number of thiophene rings is 1. The molecule has 3 aromatic heterocycles. The molecule has 0 fully saturated rings. The Morgan fingerprint density at radius 1 is 1.25 bits per heavy atom. The molecule has 0 bridgehead atoms. The second kappa shape index (κ2) is 8.97. The molecule has 3 heterocycles. The van der Waals surface area contributed by atoms with Crippen molar-refractivity contribution in [2.45, 2.75) is 19.0 Å². The number of anilines is 1. The molecule has 1 aromatic carbocycles. The molecular weight excluding hydrogens is 450 g/mol. The number of benzene rings is 1. The number of para-hydroxylation sites is 1. The van der Waals surface area contributed by atoms with E-state index >= 15 is 0 Å². The highest BCUT2D eigenvalue weighted by molar-refractivity contribution is 7.99. The number of aromatic nitrogens is 4. The van der Waals surface area contributed by atoms with Crippen molar-refractivity contribution in [1.82, 2.24) is 19.7 Å². The number of esters is 1. The van der Waals surface area contributed by atoms with Crippen LogP contribution in [-0.4, -0.2) is 44.5 Å². The van der Waals surface area contributed by atoms with E-state index in [1.54, 1.807) is 4.68 Å². The van der Waals surface area contributed by atoms with E-state index in [0.717, 1.165) is 27.9 Å². The molecule has 32 heavy (non-hydrogen) atoms. The first-order valence-electron chi connectivity index (χ1n) is 9.53. The zero-order chi connectivity index (χ0) is 22.8. The van der Waals surface area contributed by atoms with Crippen LogP contribution in [0.1, 0.15) is 20.8 Å². The van der Waals surface area contributed by atoms with Gasteiger partial charge >= 0.3 is 5.97 Å². The van der Waals surface area contributed by atoms with Crippen LogP contribution in [0.15, 0.2) is 46.5 Å². The van der Waals surface area contributed by atoms with Gasteiger partial charge < -0.3 is 15.0 Å². The molecule has 4 rings (SSSR count). The topological polar surface area (TPSA) is 119 Å². The number of hydrogen-bond acceptors (Lipinski definition) is 8. The largest absolute Gasteiger partial charge is 0.465 e. The number of aryl methyl sites for hydroxylation is 1. The van der Waals surface area contributed by atoms with E-state index < -0.39 is 5.97 Å². The van der Waals surface area contributed by atoms with Crippen LogP contribution in [0.5, 0.6) is 0 Å². The van der Waals surface area contributed by atoms with Crippen molar-refractivity contribution >= 4 is 51.0 Å². The fraction of sp³-hybridized carbons (Fsp3) is 0.190. The Morgan fingerprint density at radius 2 is 2.00 bits per heavy atom. The first kappa shape index (κ1) is 21.8. The third-order valence-electron chi connectivity index (χ3n) is 4.78. The number of nitrogens with zero attached hydrogens (tertiary/aromatic N) is 3. The van der Waals surface area contributed by atoms with E-state index in [2.05, 4.69) is 20.4 Å². The van der Waals surface area contributed by atoms with E-state index in [9.17, 15) is 14.4 Å². The van der Waals surface area contributed by atoms with Gasteiger partial charge in [0.15, 0.2) is 10.8 Å². The second-order valence-electron chi connectivity index (χ2n) is 6.82. The number of carbonyl (C=O) groups is 2. The minimum Gasteiger partial charge on any atom is -0.465 e. The van der Waals surface area contributed by atoms with Crippen molar-refractivity contribution in [3.63, 3.8) is 0 Å². The minimum atomic E-state index is -0.500. The molecule has 11 heteroatoms. The number of aromatic amines is 1. The Kier molecular flexibility index (Phi) is 6.10. The predicted octanol–water partition coefficient (Wildman–Crippen LogP) is 3.30. The lowest BCUT2D eigenvalue weighted by atomic mass is 10.1. The van der Waals surface area contributed by atoms with Gasteiger partial charge in [-0.3, -0.25) is 9.59 Å². The number of fused-ring (bicyclic) bond motifs is 1. The first-order chi connectivity index (χ1) is 15.4. The standard InChI is InChI=1S/C21H19N5O4S2/c1-11-12(2)32-19(16(11)20(29)30-3)23-15(27)10-31-21-24-17-14(18(28)25-21)9-22-26(17)13-7-5-4-6-8-13/h4-9H,10H2,1-3H3,(H,23,27)(H,24,25,28). The normalized spacial score (nSPS) is 11.0. The Morgan fingerprint density at radius 3 is 2.72 bits per heavy atom. The Labute approximate surface area is 190 Å². The molecule has 0 aliphatic carbocycles. The van der Waals surface area contributed by atoms with Crippen LogP contribution in [0.3, 0.4) is 0 Å². The van der Waals surface area contributed by atoms with Crippen LogP contribution in [-0.2, 0) is 9.53 Å². The van der Waals surface area contributed by atoms with E-state index in [0.29, 0.717) is 26.8 Å². The minimum absolute atomic E-state index is 0.00940. The van der Waals surface area contributed by atoms with Gasteiger partial charge in [-0.15, -0.1) is 11.3 Å². The second-order valence-corrected chi connectivity index (χ2v) is 9.00. The third-order valence-corrected chi connectivity index (χ3v) is 6.78. The van der Waals surface area contributed by atoms with Crippen molar-refractivity contribution in [2.24, 2.45) is 0 Å². The number of thioether (sulfide) groups is 1. The molecule has 0 unspecified atom stereocenters. The fourth-order valence-corrected chi connectivity index (χ4v) is 4.80. The number of nitrogens with one attached hydrogen (secondary N) is 2. The number of ether oxygens (including phenoxy) is 1. The van der Waals surface area contributed by atoms with Gasteiger partial charge in [0.05, 0.1) is 30.3 Å². The van der Waals surface area contributed by atoms with Crippen LogP contribution in [0.4, 0.5) is 5.00 Å². The summed E-state index contributed by atoms with van der Waals surface area (Å²) in [4.78, 5) is 45.2. The maximum absolute atomic E-state index is 12.5. The molecule has 0 atom stereocenters. The monoisotopic (exact) mass is 469 g/mol. The molecule has 0 saturated carbocycles. The van der Waals surface area contributed by atoms with Gasteiger partial charge in [0.2, 0.25) is 5.91 Å². The zero-order valence-corrected chi connectivity index (χ0v) is 19.1. The lowest BCUT2D eigenvalue weighted by Crippen LogP contribution is -2.17. The Hall–Kier alpha value is -3.44. The van der Waals surface area contributed by atoms with E-state index in [4.69, 9.17) is 4.74 Å². The van der Waals surface area contributed by atoms with Gasteiger partial charge in [0.25, 0.3) is 5.56 Å². The molecule has 2 N–H and O–H groups in total. The van der Waals surface area contributed by atoms with Crippen molar-refractivity contribution in [1.29, 1.82) is 0 Å². The summed E-state index contributed by atoms with van der Waals surface area (Å²) in [6.45, 7) is 3.68. The summed E-state index contributed by atoms with van der Waals surface area (Å²) < 4.78 is 6.41. The van der Waals surface area contributed by atoms with E-state index in [1.807, 2.05) is 44.2 Å². The highest BCUT2D eigenvalue weighted by Crippen LogP contribution is 2.33. The van der Waals surface area contributed by atoms with Crippen molar-refractivity contribution in [3.8, 4) is 5.69 Å². The smallest absolute Gasteiger partial charge is 0.341 e. The molecule has 4 aromatic rings. The summed E-state index contributed by atoms with van der Waals surface area (Å²) in [6, 6.07) is 9.34. The highest BCUT2D eigenvalue weighted by atomic mass is 32.2. The predicted molar refractivity (Wildman–Crippen MR) is 124 cm³/mol. The maximum Gasteiger partial charge on any atom is 0.341 e. The van der Waals surface area contributed by atoms with Crippen molar-refractivity contribution < 1.29 is 14.3 Å². The molecule has 9 nitrogen and oxygen atoms in total. The lowest BCUT2D eigenvalue weighted by molar-refractivity contribution is -0.113. The number of amides is 1. The van der Waals surface area contributed by atoms with Gasteiger partial charge in [0, 0.05) is 4.88 Å². The van der Waals surface area contributed by atoms with Crippen LogP contribution < -0.4 is 10.9 Å². The molecule has 0 radical (unpaired) electrons. The SMILES string of the molecule is COC(=O)c1c(NC(=O)CSc2nc3c(cnn3-c3ccccc3)c(=O)[nH]2)sc(C)c1C. The summed E-state index contributed by atoms with van der Waals surface area (Å²) >= 11 is 2.40. The number of rotatable bonds is 6. The average Bonchev–Trinajstić information content (AvgIpc) is 3.33. The Bertz CT molecular complexity index is 1370. The summed E-state index contributed by atoms with van der Waals surface area (Å²) in [7, 11) is 1.30.